The number of hydrogen-bond donors (Lipinski definition) is 0. The number of benzene rings is 1. The molecule has 0 fully saturated rings. The second-order valence-corrected chi connectivity index (χ2v) is 5.51. The molecule has 5 nitrogen and oxygen atoms in total. The van der Waals surface area contributed by atoms with Gasteiger partial charge in [0.2, 0.25) is 0 Å². The number of likely N-dealkylation sites (N-methyl/N-ethyl adjacent to an activating group) is 1. The Labute approximate surface area is 135 Å². The summed E-state index contributed by atoms with van der Waals surface area (Å²) in [5.74, 6) is 1.39. The van der Waals surface area contributed by atoms with Gasteiger partial charge >= 0.3 is 0 Å². The second-order valence-electron chi connectivity index (χ2n) is 5.51. The van der Waals surface area contributed by atoms with Crippen LogP contribution in [0.2, 0.25) is 0 Å². The molecule has 5 heteroatoms. The number of carbonyl (C=O) groups excluding carboxylic acids is 1. The van der Waals surface area contributed by atoms with Gasteiger partial charge in [-0.25, -0.2) is 4.98 Å². The summed E-state index contributed by atoms with van der Waals surface area (Å²) in [4.78, 5) is 18.7. The summed E-state index contributed by atoms with van der Waals surface area (Å²) >= 11 is 0. The Morgan fingerprint density at radius 2 is 2.00 bits per heavy atom. The molecule has 0 saturated carbocycles. The summed E-state index contributed by atoms with van der Waals surface area (Å²) in [6.07, 6.45) is -0.182. The van der Waals surface area contributed by atoms with Crippen LogP contribution in [-0.2, 0) is 0 Å². The lowest BCUT2D eigenvalue weighted by Gasteiger charge is -2.30. The van der Waals surface area contributed by atoms with Crippen LogP contribution in [0.1, 0.15) is 23.1 Å². The molecule has 1 aliphatic heterocycles. The van der Waals surface area contributed by atoms with Crippen molar-refractivity contribution in [3.05, 3.63) is 53.9 Å². The van der Waals surface area contributed by atoms with E-state index in [0.717, 1.165) is 17.2 Å². The van der Waals surface area contributed by atoms with E-state index in [0.29, 0.717) is 25.4 Å². The number of aryl methyl sites for hydroxylation is 1. The summed E-state index contributed by atoms with van der Waals surface area (Å²) in [7, 11) is 0. The van der Waals surface area contributed by atoms with Gasteiger partial charge in [0.1, 0.15) is 12.3 Å². The molecular weight excluding hydrogens is 292 g/mol. The Hall–Kier alpha value is -2.56. The fraction of sp³-hybridized carbons (Fsp3) is 0.333. The van der Waals surface area contributed by atoms with Gasteiger partial charge in [0.25, 0.3) is 5.91 Å². The monoisotopic (exact) mass is 312 g/mol. The van der Waals surface area contributed by atoms with Crippen molar-refractivity contribution >= 4 is 5.91 Å². The molecule has 1 amide bonds. The SMILES string of the molecule is CCN(CC1COc2ccccc2O1)C(=O)c1cccc(C)n1. The summed E-state index contributed by atoms with van der Waals surface area (Å²) in [5.41, 5.74) is 1.29. The van der Waals surface area contributed by atoms with Crippen molar-refractivity contribution < 1.29 is 14.3 Å². The van der Waals surface area contributed by atoms with Crippen LogP contribution in [0.3, 0.4) is 0 Å². The van der Waals surface area contributed by atoms with Crippen LogP contribution in [0.4, 0.5) is 0 Å². The lowest BCUT2D eigenvalue weighted by atomic mass is 10.2. The van der Waals surface area contributed by atoms with Crippen LogP contribution in [0.25, 0.3) is 0 Å². The maximum atomic E-state index is 12.6. The number of ether oxygens (including phenoxy) is 2. The van der Waals surface area contributed by atoms with Crippen molar-refractivity contribution in [2.75, 3.05) is 19.7 Å². The lowest BCUT2D eigenvalue weighted by molar-refractivity contribution is 0.0471. The van der Waals surface area contributed by atoms with E-state index in [1.54, 1.807) is 11.0 Å². The third-order valence-electron chi connectivity index (χ3n) is 3.77. The van der Waals surface area contributed by atoms with Crippen molar-refractivity contribution in [2.24, 2.45) is 0 Å². The van der Waals surface area contributed by atoms with Crippen LogP contribution >= 0.6 is 0 Å². The standard InChI is InChI=1S/C18H20N2O3/c1-3-20(18(21)15-8-6-7-13(2)19-15)11-14-12-22-16-9-4-5-10-17(16)23-14/h4-10,14H,3,11-12H2,1-2H3. The van der Waals surface area contributed by atoms with Gasteiger partial charge in [-0.3, -0.25) is 4.79 Å². The van der Waals surface area contributed by atoms with Crippen LogP contribution in [0, 0.1) is 6.92 Å². The van der Waals surface area contributed by atoms with Gasteiger partial charge in [0.15, 0.2) is 17.6 Å². The van der Waals surface area contributed by atoms with Crippen LogP contribution < -0.4 is 9.47 Å². The minimum Gasteiger partial charge on any atom is -0.486 e. The first-order valence-electron chi connectivity index (χ1n) is 7.78. The highest BCUT2D eigenvalue weighted by atomic mass is 16.6. The van der Waals surface area contributed by atoms with Crippen molar-refractivity contribution in [3.8, 4) is 11.5 Å². The Kier molecular flexibility index (Phi) is 4.46. The fourth-order valence-corrected chi connectivity index (χ4v) is 2.58. The molecule has 0 N–H and O–H groups in total. The van der Waals surface area contributed by atoms with Crippen molar-refractivity contribution in [1.82, 2.24) is 9.88 Å². The highest BCUT2D eigenvalue weighted by Gasteiger charge is 2.25. The van der Waals surface area contributed by atoms with E-state index in [2.05, 4.69) is 4.98 Å². The zero-order valence-corrected chi connectivity index (χ0v) is 13.4. The first kappa shape index (κ1) is 15.3. The Bertz CT molecular complexity index is 702. The minimum atomic E-state index is -0.182. The largest absolute Gasteiger partial charge is 0.486 e. The molecule has 0 bridgehead atoms. The predicted molar refractivity (Wildman–Crippen MR) is 86.9 cm³/mol. The first-order chi connectivity index (χ1) is 11.2. The number of fused-ring (bicyclic) bond motifs is 1. The third kappa shape index (κ3) is 3.44. The van der Waals surface area contributed by atoms with Gasteiger partial charge in [-0.05, 0) is 38.1 Å². The molecule has 2 heterocycles. The molecule has 3 rings (SSSR count). The average Bonchev–Trinajstić information content (AvgIpc) is 2.59. The maximum Gasteiger partial charge on any atom is 0.272 e. The quantitative estimate of drug-likeness (QED) is 0.871. The summed E-state index contributed by atoms with van der Waals surface area (Å²) in [6.45, 7) is 5.32. The average molecular weight is 312 g/mol. The van der Waals surface area contributed by atoms with Gasteiger partial charge in [0, 0.05) is 12.2 Å². The van der Waals surface area contributed by atoms with Crippen LogP contribution in [0.5, 0.6) is 11.5 Å². The van der Waals surface area contributed by atoms with E-state index < -0.39 is 0 Å². The fourth-order valence-electron chi connectivity index (χ4n) is 2.58. The molecule has 2 aromatic rings. The Balaban J connectivity index is 1.69. The van der Waals surface area contributed by atoms with Gasteiger partial charge < -0.3 is 14.4 Å². The van der Waals surface area contributed by atoms with Gasteiger partial charge in [-0.2, -0.15) is 0 Å². The summed E-state index contributed by atoms with van der Waals surface area (Å²) < 4.78 is 11.6. The molecule has 1 aliphatic rings. The highest BCUT2D eigenvalue weighted by Crippen LogP contribution is 2.31. The molecule has 1 aromatic carbocycles. The van der Waals surface area contributed by atoms with E-state index in [-0.39, 0.29) is 12.0 Å². The van der Waals surface area contributed by atoms with Crippen molar-refractivity contribution in [1.29, 1.82) is 0 Å². The Morgan fingerprint density at radius 1 is 1.22 bits per heavy atom. The van der Waals surface area contributed by atoms with E-state index in [4.69, 9.17) is 9.47 Å². The number of rotatable bonds is 4. The van der Waals surface area contributed by atoms with Crippen molar-refractivity contribution in [3.63, 3.8) is 0 Å². The summed E-state index contributed by atoms with van der Waals surface area (Å²) in [6, 6.07) is 13.0. The summed E-state index contributed by atoms with van der Waals surface area (Å²) in [5, 5.41) is 0. The highest BCUT2D eigenvalue weighted by molar-refractivity contribution is 5.92. The number of amides is 1. The molecule has 0 aliphatic carbocycles. The predicted octanol–water partition coefficient (Wildman–Crippen LogP) is 2.69. The lowest BCUT2D eigenvalue weighted by Crippen LogP contribution is -2.43. The molecule has 1 atom stereocenters. The van der Waals surface area contributed by atoms with Crippen molar-refractivity contribution in [2.45, 2.75) is 20.0 Å². The molecular formula is C18H20N2O3. The normalized spacial score (nSPS) is 16.0. The zero-order valence-electron chi connectivity index (χ0n) is 13.4. The van der Waals surface area contributed by atoms with Gasteiger partial charge in [-0.1, -0.05) is 18.2 Å². The third-order valence-corrected chi connectivity index (χ3v) is 3.77. The van der Waals surface area contributed by atoms with Gasteiger partial charge in [0.05, 0.1) is 6.54 Å². The maximum absolute atomic E-state index is 12.6. The molecule has 0 radical (unpaired) electrons. The van der Waals surface area contributed by atoms with E-state index in [1.165, 1.54) is 0 Å². The number of pyridine rings is 1. The molecule has 0 spiro atoms. The van der Waals surface area contributed by atoms with E-state index in [1.807, 2.05) is 50.2 Å². The number of aromatic nitrogens is 1. The minimum absolute atomic E-state index is 0.0846. The molecule has 1 aromatic heterocycles. The van der Waals surface area contributed by atoms with Crippen LogP contribution in [-0.4, -0.2) is 41.6 Å². The second kappa shape index (κ2) is 6.69. The van der Waals surface area contributed by atoms with Crippen LogP contribution in [0.15, 0.2) is 42.5 Å². The van der Waals surface area contributed by atoms with Gasteiger partial charge in [-0.15, -0.1) is 0 Å². The zero-order chi connectivity index (χ0) is 16.2. The number of hydrogen-bond acceptors (Lipinski definition) is 4. The van der Waals surface area contributed by atoms with E-state index >= 15 is 0 Å². The van der Waals surface area contributed by atoms with E-state index in [9.17, 15) is 4.79 Å². The smallest absolute Gasteiger partial charge is 0.272 e. The number of para-hydroxylation sites is 2. The molecule has 23 heavy (non-hydrogen) atoms. The molecule has 120 valence electrons. The molecule has 1 unspecified atom stereocenters. The first-order valence-corrected chi connectivity index (χ1v) is 7.78. The number of carbonyl (C=O) groups is 1. The Morgan fingerprint density at radius 3 is 2.74 bits per heavy atom. The number of nitrogens with zero attached hydrogens (tertiary/aromatic N) is 2. The topological polar surface area (TPSA) is 51.7 Å². The molecule has 0 saturated heterocycles.